The minimum atomic E-state index is -4.31. The van der Waals surface area contributed by atoms with Crippen molar-refractivity contribution in [2.24, 2.45) is 11.8 Å². The molecule has 0 aromatic heterocycles. The number of amides is 3. The maximum absolute atomic E-state index is 15.4. The van der Waals surface area contributed by atoms with Crippen molar-refractivity contribution in [3.63, 3.8) is 0 Å². The van der Waals surface area contributed by atoms with E-state index in [1.165, 1.54) is 0 Å². The molecule has 234 valence electrons. The molecule has 2 aromatic rings. The second-order valence-corrected chi connectivity index (χ2v) is 14.1. The summed E-state index contributed by atoms with van der Waals surface area (Å²) in [6, 6.07) is 9.27. The van der Waals surface area contributed by atoms with Gasteiger partial charge in [-0.15, -0.1) is 0 Å². The molecule has 0 unspecified atom stereocenters. The van der Waals surface area contributed by atoms with E-state index in [1.54, 1.807) is 48.5 Å². The molecule has 3 heterocycles. The van der Waals surface area contributed by atoms with Crippen LogP contribution in [-0.4, -0.2) is 73.0 Å². The summed E-state index contributed by atoms with van der Waals surface area (Å²) >= 11 is 0. The number of rotatable bonds is 7. The number of sulfone groups is 1. The Labute approximate surface area is 252 Å². The highest BCUT2D eigenvalue weighted by Crippen LogP contribution is 2.53. The third-order valence-electron chi connectivity index (χ3n) is 9.39. The van der Waals surface area contributed by atoms with E-state index in [0.29, 0.717) is 36.4 Å². The number of aliphatic hydroxyl groups is 1. The first-order valence-electron chi connectivity index (χ1n) is 14.5. The molecule has 9 nitrogen and oxygen atoms in total. The quantitative estimate of drug-likeness (QED) is 0.431. The van der Waals surface area contributed by atoms with Gasteiger partial charge in [0.2, 0.25) is 26.8 Å². The third-order valence-corrected chi connectivity index (χ3v) is 10.2. The first-order chi connectivity index (χ1) is 20.7. The Bertz CT molecular complexity index is 1630. The Morgan fingerprint density at radius 1 is 1.09 bits per heavy atom. The van der Waals surface area contributed by atoms with E-state index in [1.807, 2.05) is 0 Å². The number of benzene rings is 2. The molecule has 3 aliphatic heterocycles. The van der Waals surface area contributed by atoms with Crippen LogP contribution < -0.4 is 10.6 Å². The van der Waals surface area contributed by atoms with Gasteiger partial charge < -0.3 is 20.6 Å². The van der Waals surface area contributed by atoms with Gasteiger partial charge in [0.25, 0.3) is 11.8 Å². The van der Waals surface area contributed by atoms with E-state index in [-0.39, 0.29) is 36.3 Å². The van der Waals surface area contributed by atoms with Gasteiger partial charge in [-0.1, -0.05) is 48.5 Å². The summed E-state index contributed by atoms with van der Waals surface area (Å²) in [4.78, 5) is 41.8. The van der Waals surface area contributed by atoms with Crippen molar-refractivity contribution < 1.29 is 41.1 Å². The van der Waals surface area contributed by atoms with E-state index < -0.39 is 74.7 Å². The lowest BCUT2D eigenvalue weighted by Crippen LogP contribution is -2.70. The van der Waals surface area contributed by atoms with Gasteiger partial charge in [0.15, 0.2) is 5.60 Å². The van der Waals surface area contributed by atoms with Gasteiger partial charge in [0.05, 0.1) is 12.0 Å². The number of hydrogen-bond acceptors (Lipinski definition) is 6. The molecule has 3 amide bonds. The number of fused-ring (bicyclic) bond motifs is 6. The van der Waals surface area contributed by atoms with Crippen molar-refractivity contribution in [3.05, 3.63) is 70.9 Å². The number of alkyl halides is 2. The van der Waals surface area contributed by atoms with Gasteiger partial charge in [-0.05, 0) is 42.9 Å². The molecule has 2 aliphatic carbocycles. The van der Waals surface area contributed by atoms with E-state index in [2.05, 4.69) is 10.6 Å². The number of halogens is 3. The van der Waals surface area contributed by atoms with Gasteiger partial charge >= 0.3 is 0 Å². The number of carbonyl (C=O) groups excluding carboxylic acids is 3. The zero-order valence-corrected chi connectivity index (χ0v) is 24.6. The average Bonchev–Trinajstić information content (AvgIpc) is 3.50. The molecule has 44 heavy (non-hydrogen) atoms. The Morgan fingerprint density at radius 2 is 1.70 bits per heavy atom. The molecule has 2 aromatic carbocycles. The highest BCUT2D eigenvalue weighted by molar-refractivity contribution is 7.94. The SMILES string of the molecule is CS(=O)(=O)/C(F)=C\[C@@H](C[C@@H]1CCNC1=O)NC(=O)[C@H]1[C@@H]2CC[C@@H](CC2(F)F)N1C(=O)C1(O)c2ccccc2-c2ccccc21. The summed E-state index contributed by atoms with van der Waals surface area (Å²) in [6.07, 6.45) is 0.872. The van der Waals surface area contributed by atoms with Crippen molar-refractivity contribution in [1.29, 1.82) is 0 Å². The number of hydrogen-bond donors (Lipinski definition) is 3. The third kappa shape index (κ3) is 4.90. The van der Waals surface area contributed by atoms with Crippen LogP contribution >= 0.6 is 0 Å². The second kappa shape index (κ2) is 10.7. The molecule has 3 saturated heterocycles. The van der Waals surface area contributed by atoms with Crippen LogP contribution in [0.25, 0.3) is 11.1 Å². The molecule has 2 bridgehead atoms. The van der Waals surface area contributed by atoms with Crippen LogP contribution in [0.2, 0.25) is 0 Å². The van der Waals surface area contributed by atoms with E-state index in [4.69, 9.17) is 0 Å². The average molecular weight is 632 g/mol. The van der Waals surface area contributed by atoms with Crippen molar-refractivity contribution in [3.8, 4) is 11.1 Å². The Hall–Kier alpha value is -3.71. The Balaban J connectivity index is 1.39. The number of piperidine rings is 2. The molecule has 0 radical (unpaired) electrons. The zero-order chi connectivity index (χ0) is 31.6. The van der Waals surface area contributed by atoms with Crippen LogP contribution in [0.3, 0.4) is 0 Å². The molecule has 0 spiro atoms. The van der Waals surface area contributed by atoms with Gasteiger partial charge in [-0.3, -0.25) is 14.4 Å². The van der Waals surface area contributed by atoms with E-state index in [0.717, 1.165) is 4.90 Å². The molecule has 7 rings (SSSR count). The smallest absolute Gasteiger partial charge is 0.264 e. The summed E-state index contributed by atoms with van der Waals surface area (Å²) in [5, 5.41) is 15.8. The molecule has 5 atom stereocenters. The molecule has 13 heteroatoms. The summed E-state index contributed by atoms with van der Waals surface area (Å²) in [6.45, 7) is 0.338. The fourth-order valence-electron chi connectivity index (χ4n) is 7.32. The molecule has 4 fully saturated rings. The van der Waals surface area contributed by atoms with Gasteiger partial charge in [0, 0.05) is 42.3 Å². The number of nitrogens with zero attached hydrogens (tertiary/aromatic N) is 1. The highest BCUT2D eigenvalue weighted by atomic mass is 32.2. The standard InChI is InChI=1S/C31H32F3N3O6S/c1-44(42,43)25(32)15-18(14-17-12-13-35-27(17)38)36-28(39)26-24-11-10-19(16-30(24,33)34)37(26)29(40)31(41)22-8-4-2-6-20(22)21-7-3-5-9-23(21)31/h2-9,15,17-19,24,26,41H,10-14,16H2,1H3,(H,35,38)(H,36,39)/b25-15-/t17-,18+,19-,24-,26+/m0/s1. The predicted octanol–water partition coefficient (Wildman–Crippen LogP) is 2.78. The molecular weight excluding hydrogens is 599 g/mol. The molecule has 5 aliphatic rings. The number of nitrogens with one attached hydrogen (secondary N) is 2. The lowest BCUT2D eigenvalue weighted by molar-refractivity contribution is -0.201. The van der Waals surface area contributed by atoms with Crippen molar-refractivity contribution >= 4 is 27.6 Å². The van der Waals surface area contributed by atoms with Crippen LogP contribution in [0.15, 0.2) is 59.8 Å². The van der Waals surface area contributed by atoms with Crippen molar-refractivity contribution in [1.82, 2.24) is 15.5 Å². The summed E-state index contributed by atoms with van der Waals surface area (Å²) < 4.78 is 69.1. The van der Waals surface area contributed by atoms with Gasteiger partial charge in [-0.25, -0.2) is 17.2 Å². The molecule has 3 N–H and O–H groups in total. The summed E-state index contributed by atoms with van der Waals surface area (Å²) in [7, 11) is -4.31. The zero-order valence-electron chi connectivity index (χ0n) is 23.8. The lowest BCUT2D eigenvalue weighted by atomic mass is 9.70. The van der Waals surface area contributed by atoms with Crippen molar-refractivity contribution in [2.75, 3.05) is 12.8 Å². The fourth-order valence-corrected chi connectivity index (χ4v) is 7.73. The molecule has 1 saturated carbocycles. The van der Waals surface area contributed by atoms with Crippen LogP contribution in [0.1, 0.15) is 43.2 Å². The van der Waals surface area contributed by atoms with E-state index in [9.17, 15) is 32.3 Å². The van der Waals surface area contributed by atoms with Gasteiger partial charge in [-0.2, -0.15) is 4.39 Å². The minimum absolute atomic E-state index is 0.0750. The first kappa shape index (κ1) is 30.3. The minimum Gasteiger partial charge on any atom is -0.372 e. The highest BCUT2D eigenvalue weighted by Gasteiger charge is 2.63. The largest absolute Gasteiger partial charge is 0.372 e. The predicted molar refractivity (Wildman–Crippen MR) is 153 cm³/mol. The normalized spacial score (nSPS) is 27.3. The van der Waals surface area contributed by atoms with Crippen LogP contribution in [0.5, 0.6) is 0 Å². The molecular formula is C31H32F3N3O6S. The van der Waals surface area contributed by atoms with Gasteiger partial charge in [0.1, 0.15) is 6.04 Å². The Kier molecular flexibility index (Phi) is 7.39. The fraction of sp³-hybridized carbons (Fsp3) is 0.452. The second-order valence-electron chi connectivity index (χ2n) is 12.1. The summed E-state index contributed by atoms with van der Waals surface area (Å²) in [5.74, 6) is -7.94. The number of carbonyl (C=O) groups is 3. The van der Waals surface area contributed by atoms with Crippen LogP contribution in [-0.2, 0) is 29.8 Å². The monoisotopic (exact) mass is 631 g/mol. The van der Waals surface area contributed by atoms with Crippen LogP contribution in [0.4, 0.5) is 13.2 Å². The first-order valence-corrected chi connectivity index (χ1v) is 16.4. The summed E-state index contributed by atoms with van der Waals surface area (Å²) in [5.41, 5.74) is -0.529. The Morgan fingerprint density at radius 3 is 2.25 bits per heavy atom. The lowest BCUT2D eigenvalue weighted by Gasteiger charge is -2.55. The maximum Gasteiger partial charge on any atom is 0.264 e. The van der Waals surface area contributed by atoms with Crippen LogP contribution in [0, 0.1) is 11.8 Å². The topological polar surface area (TPSA) is 133 Å². The van der Waals surface area contributed by atoms with Crippen molar-refractivity contribution in [2.45, 2.75) is 61.8 Å². The maximum atomic E-state index is 15.4. The van der Waals surface area contributed by atoms with E-state index >= 15 is 8.78 Å².